The number of hydrogen-bond acceptors (Lipinski definition) is 3. The van der Waals surface area contributed by atoms with E-state index in [1.165, 1.54) is 6.92 Å². The molecule has 0 spiro atoms. The lowest BCUT2D eigenvalue weighted by molar-refractivity contribution is 0.0965. The molecule has 0 saturated heterocycles. The van der Waals surface area contributed by atoms with Gasteiger partial charge >= 0.3 is 0 Å². The van der Waals surface area contributed by atoms with Gasteiger partial charge in [-0.05, 0) is 25.1 Å². The smallest absolute Gasteiger partial charge is 0.181 e. The van der Waals surface area contributed by atoms with Crippen molar-refractivity contribution in [1.82, 2.24) is 9.71 Å². The highest BCUT2D eigenvalue weighted by Gasteiger charge is 2.18. The fourth-order valence-electron chi connectivity index (χ4n) is 1.74. The number of benzene rings is 1. The Morgan fingerprint density at radius 2 is 2.00 bits per heavy atom. The van der Waals surface area contributed by atoms with Crippen LogP contribution in [-0.2, 0) is 0 Å². The molecule has 0 unspecified atom stereocenters. The highest BCUT2D eigenvalue weighted by molar-refractivity contribution is 6.42. The number of aryl methyl sites for hydroxylation is 1. The molecule has 1 aromatic carbocycles. The molecule has 18 heavy (non-hydrogen) atoms. The molecule has 0 fully saturated rings. The zero-order chi connectivity index (χ0) is 13.4. The Labute approximate surface area is 114 Å². The number of hydrogen-bond donors (Lipinski definition) is 1. The van der Waals surface area contributed by atoms with Crippen molar-refractivity contribution in [2.24, 2.45) is 0 Å². The van der Waals surface area contributed by atoms with E-state index in [4.69, 9.17) is 23.2 Å². The molecule has 0 aliphatic carbocycles. The summed E-state index contributed by atoms with van der Waals surface area (Å²) in [5, 5.41) is 10.7. The SMILES string of the molecule is CC(=O)c1c(C)nc(-c2ccc(Cl)c(Cl)c2)n1O. The van der Waals surface area contributed by atoms with Gasteiger partial charge in [0.1, 0.15) is 5.69 Å². The second-order valence-corrected chi connectivity index (χ2v) is 4.68. The summed E-state index contributed by atoms with van der Waals surface area (Å²) < 4.78 is 0.775. The van der Waals surface area contributed by atoms with Crippen molar-refractivity contribution in [1.29, 1.82) is 0 Å². The maximum atomic E-state index is 11.4. The van der Waals surface area contributed by atoms with Crippen molar-refractivity contribution in [2.75, 3.05) is 0 Å². The number of rotatable bonds is 2. The van der Waals surface area contributed by atoms with Crippen LogP contribution in [0, 0.1) is 6.92 Å². The molecule has 2 rings (SSSR count). The third-order valence-corrected chi connectivity index (χ3v) is 3.28. The minimum absolute atomic E-state index is 0.163. The Kier molecular flexibility index (Phi) is 3.32. The van der Waals surface area contributed by atoms with Gasteiger partial charge in [-0.25, -0.2) is 4.98 Å². The van der Waals surface area contributed by atoms with Crippen LogP contribution in [0.2, 0.25) is 10.0 Å². The zero-order valence-corrected chi connectivity index (χ0v) is 11.2. The van der Waals surface area contributed by atoms with Gasteiger partial charge in [-0.15, -0.1) is 0 Å². The first kappa shape index (κ1) is 12.9. The number of imidazole rings is 1. The fourth-order valence-corrected chi connectivity index (χ4v) is 2.04. The van der Waals surface area contributed by atoms with Gasteiger partial charge in [0.2, 0.25) is 0 Å². The van der Waals surface area contributed by atoms with Crippen LogP contribution in [0.4, 0.5) is 0 Å². The summed E-state index contributed by atoms with van der Waals surface area (Å²) in [7, 11) is 0. The van der Waals surface area contributed by atoms with Crippen LogP contribution in [0.25, 0.3) is 11.4 Å². The molecule has 94 valence electrons. The highest BCUT2D eigenvalue weighted by atomic mass is 35.5. The van der Waals surface area contributed by atoms with Crippen molar-refractivity contribution < 1.29 is 10.0 Å². The van der Waals surface area contributed by atoms with Gasteiger partial charge in [-0.3, -0.25) is 4.79 Å². The van der Waals surface area contributed by atoms with Crippen molar-refractivity contribution in [3.8, 4) is 11.4 Å². The number of carbonyl (C=O) groups excluding carboxylic acids is 1. The van der Waals surface area contributed by atoms with Crippen LogP contribution in [0.1, 0.15) is 23.1 Å². The first-order valence-electron chi connectivity index (χ1n) is 5.16. The quantitative estimate of drug-likeness (QED) is 0.677. The molecule has 6 heteroatoms. The van der Waals surface area contributed by atoms with Crippen LogP contribution in [0.3, 0.4) is 0 Å². The number of aromatic nitrogens is 2. The molecular weight excluding hydrogens is 275 g/mol. The molecule has 1 N–H and O–H groups in total. The Morgan fingerprint density at radius 1 is 1.33 bits per heavy atom. The third-order valence-electron chi connectivity index (χ3n) is 2.54. The predicted molar refractivity (Wildman–Crippen MR) is 69.6 cm³/mol. The Balaban J connectivity index is 2.61. The maximum Gasteiger partial charge on any atom is 0.181 e. The van der Waals surface area contributed by atoms with Gasteiger partial charge in [0.05, 0.1) is 15.7 Å². The molecule has 0 saturated carbocycles. The van der Waals surface area contributed by atoms with E-state index in [2.05, 4.69) is 4.98 Å². The van der Waals surface area contributed by atoms with Gasteiger partial charge in [0.15, 0.2) is 11.6 Å². The first-order chi connectivity index (χ1) is 8.41. The van der Waals surface area contributed by atoms with Crippen LogP contribution < -0.4 is 0 Å². The molecule has 0 atom stereocenters. The molecular formula is C12H10Cl2N2O2. The van der Waals surface area contributed by atoms with Gasteiger partial charge in [0.25, 0.3) is 0 Å². The summed E-state index contributed by atoms with van der Waals surface area (Å²) >= 11 is 11.7. The topological polar surface area (TPSA) is 55.1 Å². The van der Waals surface area contributed by atoms with E-state index in [9.17, 15) is 10.0 Å². The predicted octanol–water partition coefficient (Wildman–Crippen LogP) is 3.61. The summed E-state index contributed by atoms with van der Waals surface area (Å²) in [6.45, 7) is 3.03. The maximum absolute atomic E-state index is 11.4. The van der Waals surface area contributed by atoms with E-state index >= 15 is 0 Å². The van der Waals surface area contributed by atoms with Gasteiger partial charge in [0, 0.05) is 12.5 Å². The van der Waals surface area contributed by atoms with Crippen LogP contribution in [0.5, 0.6) is 0 Å². The van der Waals surface area contributed by atoms with E-state index in [0.717, 1.165) is 4.73 Å². The van der Waals surface area contributed by atoms with Gasteiger partial charge in [-0.2, -0.15) is 4.73 Å². The zero-order valence-electron chi connectivity index (χ0n) is 9.74. The standard InChI is InChI=1S/C12H10Cl2N2O2/c1-6-11(7(2)17)16(18)12(15-6)8-3-4-9(13)10(14)5-8/h3-5,18H,1-2H3. The van der Waals surface area contributed by atoms with E-state index in [-0.39, 0.29) is 17.3 Å². The normalized spacial score (nSPS) is 10.7. The molecule has 0 amide bonds. The van der Waals surface area contributed by atoms with E-state index in [0.29, 0.717) is 21.3 Å². The Morgan fingerprint density at radius 3 is 2.50 bits per heavy atom. The van der Waals surface area contributed by atoms with E-state index in [1.807, 2.05) is 0 Å². The number of Topliss-reactive ketones (excluding diaryl/α,β-unsaturated/α-hetero) is 1. The minimum Gasteiger partial charge on any atom is -0.426 e. The van der Waals surface area contributed by atoms with Gasteiger partial charge in [-0.1, -0.05) is 23.2 Å². The minimum atomic E-state index is -0.256. The van der Waals surface area contributed by atoms with Crippen molar-refractivity contribution >= 4 is 29.0 Å². The summed E-state index contributed by atoms with van der Waals surface area (Å²) in [6, 6.07) is 4.87. The van der Waals surface area contributed by atoms with Crippen LogP contribution in [0.15, 0.2) is 18.2 Å². The Bertz CT molecular complexity index is 635. The monoisotopic (exact) mass is 284 g/mol. The summed E-state index contributed by atoms with van der Waals surface area (Å²) in [4.78, 5) is 15.5. The molecule has 4 nitrogen and oxygen atoms in total. The van der Waals surface area contributed by atoms with Crippen molar-refractivity contribution in [3.05, 3.63) is 39.6 Å². The molecule has 0 aliphatic heterocycles. The van der Waals surface area contributed by atoms with Crippen LogP contribution >= 0.6 is 23.2 Å². The summed E-state index contributed by atoms with van der Waals surface area (Å²) in [5.41, 5.74) is 1.21. The van der Waals surface area contributed by atoms with Crippen molar-refractivity contribution in [2.45, 2.75) is 13.8 Å². The van der Waals surface area contributed by atoms with Crippen molar-refractivity contribution in [3.63, 3.8) is 0 Å². The highest BCUT2D eigenvalue weighted by Crippen LogP contribution is 2.28. The fraction of sp³-hybridized carbons (Fsp3) is 0.167. The molecule has 0 radical (unpaired) electrons. The summed E-state index contributed by atoms with van der Waals surface area (Å²) in [6.07, 6.45) is 0. The second kappa shape index (κ2) is 4.63. The summed E-state index contributed by atoms with van der Waals surface area (Å²) in [5.74, 6) is 0.00470. The van der Waals surface area contributed by atoms with E-state index in [1.54, 1.807) is 25.1 Å². The number of halogens is 2. The number of ketones is 1. The van der Waals surface area contributed by atoms with Gasteiger partial charge < -0.3 is 5.21 Å². The first-order valence-corrected chi connectivity index (χ1v) is 5.92. The third kappa shape index (κ3) is 2.09. The molecule has 1 heterocycles. The average molecular weight is 285 g/mol. The average Bonchev–Trinajstić information content (AvgIpc) is 2.58. The lowest BCUT2D eigenvalue weighted by atomic mass is 10.2. The largest absolute Gasteiger partial charge is 0.426 e. The molecule has 2 aromatic rings. The lowest BCUT2D eigenvalue weighted by Gasteiger charge is -2.03. The Hall–Kier alpha value is -1.52. The molecule has 0 aliphatic rings. The molecule has 1 aromatic heterocycles. The van der Waals surface area contributed by atoms with E-state index < -0.39 is 0 Å². The van der Waals surface area contributed by atoms with Crippen LogP contribution in [-0.4, -0.2) is 20.7 Å². The number of carbonyl (C=O) groups is 1. The second-order valence-electron chi connectivity index (χ2n) is 3.87. The number of nitrogens with zero attached hydrogens (tertiary/aromatic N) is 2. The lowest BCUT2D eigenvalue weighted by Crippen LogP contribution is -2.05. The molecule has 0 bridgehead atoms.